The van der Waals surface area contributed by atoms with Gasteiger partial charge in [-0.1, -0.05) is 203 Å². The zero-order valence-corrected chi connectivity index (χ0v) is 50.2. The van der Waals surface area contributed by atoms with E-state index in [2.05, 4.69) is 66.0 Å². The summed E-state index contributed by atoms with van der Waals surface area (Å²) in [6.07, 6.45) is 32.4. The molecular weight excluding hydrogens is 949 g/mol. The van der Waals surface area contributed by atoms with Crippen molar-refractivity contribution in [3.8, 4) is 0 Å². The fraction of sp³-hybridized carbons (Fsp3) is 0.968. The maximum absolute atomic E-state index is 14.2. The minimum atomic E-state index is -0.798. The quantitative estimate of drug-likeness (QED) is 0.0562. The summed E-state index contributed by atoms with van der Waals surface area (Å²) in [4.78, 5) is 26.1. The van der Waals surface area contributed by atoms with Crippen LogP contribution in [0.2, 0.25) is 0 Å². The van der Waals surface area contributed by atoms with Gasteiger partial charge in [0.25, 0.3) is 0 Å². The highest BCUT2D eigenvalue weighted by Gasteiger charge is 2.49. The molecule has 1 aliphatic heterocycles. The SMILES string of the molecule is CCCCCCCCCCCCCC[C@@H](OCCCC)[C@@H](OCCCC)[C@H](CO[C@H]1OC(COCCCC)[C@H](OCCCC)[C@H](OCCCC)C1OCCCC)NC(=O)CCCCCCCCNC(=O)OCCCC. The van der Waals surface area contributed by atoms with Crippen LogP contribution < -0.4 is 10.6 Å². The molecule has 2 N–H and O–H groups in total. The Morgan fingerprint density at radius 2 is 0.920 bits per heavy atom. The van der Waals surface area contributed by atoms with E-state index in [-0.39, 0.29) is 24.7 Å². The van der Waals surface area contributed by atoms with Crippen molar-refractivity contribution in [1.29, 1.82) is 0 Å². The van der Waals surface area contributed by atoms with Crippen LogP contribution in [-0.4, -0.2) is 127 Å². The van der Waals surface area contributed by atoms with Gasteiger partial charge in [0, 0.05) is 52.6 Å². The van der Waals surface area contributed by atoms with Gasteiger partial charge in [0.05, 0.1) is 32.0 Å². The molecule has 2 unspecified atom stereocenters. The molecule has 1 fully saturated rings. The molecule has 1 heterocycles. The normalized spacial score (nSPS) is 19.0. The second kappa shape index (κ2) is 53.1. The van der Waals surface area contributed by atoms with Gasteiger partial charge in [0.1, 0.15) is 30.5 Å². The van der Waals surface area contributed by atoms with E-state index in [1.165, 1.54) is 64.2 Å². The molecule has 446 valence electrons. The van der Waals surface area contributed by atoms with Crippen LogP contribution in [0.5, 0.6) is 0 Å². The van der Waals surface area contributed by atoms with Crippen LogP contribution in [0.1, 0.15) is 274 Å². The Balaban J connectivity index is 3.46. The average molecular weight is 1070 g/mol. The summed E-state index contributed by atoms with van der Waals surface area (Å²) in [5.74, 6) is -0.0104. The molecular formula is C62H122N2O11. The first-order valence-electron chi connectivity index (χ1n) is 32.0. The van der Waals surface area contributed by atoms with Crippen LogP contribution >= 0.6 is 0 Å². The molecule has 0 bridgehead atoms. The van der Waals surface area contributed by atoms with Crippen molar-refractivity contribution < 1.29 is 52.2 Å². The summed E-state index contributed by atoms with van der Waals surface area (Å²) < 4.78 is 59.6. The Morgan fingerprint density at radius 1 is 0.453 bits per heavy atom. The Morgan fingerprint density at radius 3 is 1.51 bits per heavy atom. The van der Waals surface area contributed by atoms with E-state index >= 15 is 0 Å². The van der Waals surface area contributed by atoms with Gasteiger partial charge >= 0.3 is 6.09 Å². The number of hydrogen-bond acceptors (Lipinski definition) is 11. The average Bonchev–Trinajstić information content (AvgIpc) is 3.40. The second-order valence-electron chi connectivity index (χ2n) is 21.5. The number of nitrogens with one attached hydrogen (secondary N) is 2. The van der Waals surface area contributed by atoms with Crippen LogP contribution in [0.15, 0.2) is 0 Å². The van der Waals surface area contributed by atoms with Crippen molar-refractivity contribution in [3.05, 3.63) is 0 Å². The molecule has 8 atom stereocenters. The van der Waals surface area contributed by atoms with Crippen molar-refractivity contribution in [1.82, 2.24) is 10.6 Å². The predicted molar refractivity (Wildman–Crippen MR) is 308 cm³/mol. The van der Waals surface area contributed by atoms with E-state index in [1.807, 2.05) is 0 Å². The molecule has 1 saturated heterocycles. The van der Waals surface area contributed by atoms with Crippen LogP contribution in [0, 0.1) is 0 Å². The smallest absolute Gasteiger partial charge is 0.407 e. The third-order valence-corrected chi connectivity index (χ3v) is 14.3. The van der Waals surface area contributed by atoms with Gasteiger partial charge in [0.2, 0.25) is 5.91 Å². The van der Waals surface area contributed by atoms with Crippen molar-refractivity contribution in [2.24, 2.45) is 0 Å². The summed E-state index contributed by atoms with van der Waals surface area (Å²) in [5.41, 5.74) is 0. The Kier molecular flexibility index (Phi) is 50.6. The maximum atomic E-state index is 14.2. The molecule has 0 aromatic carbocycles. The van der Waals surface area contributed by atoms with E-state index in [0.29, 0.717) is 65.8 Å². The lowest BCUT2D eigenvalue weighted by Crippen LogP contribution is -2.63. The van der Waals surface area contributed by atoms with Crippen LogP contribution in [0.25, 0.3) is 0 Å². The first-order valence-corrected chi connectivity index (χ1v) is 32.0. The number of rotatable bonds is 56. The third kappa shape index (κ3) is 37.8. The maximum Gasteiger partial charge on any atom is 0.407 e. The number of carbonyl (C=O) groups excluding carboxylic acids is 2. The molecule has 0 aliphatic carbocycles. The number of carbonyl (C=O) groups is 2. The van der Waals surface area contributed by atoms with Gasteiger partial charge in [-0.3, -0.25) is 4.79 Å². The van der Waals surface area contributed by atoms with Gasteiger partial charge in [-0.2, -0.15) is 0 Å². The van der Waals surface area contributed by atoms with Crippen LogP contribution in [-0.2, 0) is 47.4 Å². The van der Waals surface area contributed by atoms with E-state index in [9.17, 15) is 9.59 Å². The molecule has 0 aromatic rings. The van der Waals surface area contributed by atoms with Crippen LogP contribution in [0.3, 0.4) is 0 Å². The van der Waals surface area contributed by atoms with Crippen molar-refractivity contribution >= 4 is 12.0 Å². The summed E-state index contributed by atoms with van der Waals surface area (Å²) in [5, 5.41) is 6.33. The lowest BCUT2D eigenvalue weighted by molar-refractivity contribution is -0.325. The van der Waals surface area contributed by atoms with Crippen molar-refractivity contribution in [3.63, 3.8) is 0 Å². The summed E-state index contributed by atoms with van der Waals surface area (Å²) in [6.45, 7) is 22.6. The fourth-order valence-electron chi connectivity index (χ4n) is 9.37. The van der Waals surface area contributed by atoms with Crippen LogP contribution in [0.4, 0.5) is 4.79 Å². The molecule has 75 heavy (non-hydrogen) atoms. The second-order valence-corrected chi connectivity index (χ2v) is 21.5. The van der Waals surface area contributed by atoms with Gasteiger partial charge in [-0.05, 0) is 64.2 Å². The largest absolute Gasteiger partial charge is 0.450 e. The molecule has 2 amide bonds. The molecule has 0 saturated carbocycles. The molecule has 0 aromatic heterocycles. The van der Waals surface area contributed by atoms with Gasteiger partial charge in [-0.15, -0.1) is 0 Å². The lowest BCUT2D eigenvalue weighted by Gasteiger charge is -2.46. The number of amides is 2. The van der Waals surface area contributed by atoms with E-state index in [4.69, 9.17) is 42.6 Å². The Bertz CT molecular complexity index is 1230. The monoisotopic (exact) mass is 1070 g/mol. The predicted octanol–water partition coefficient (Wildman–Crippen LogP) is 15.3. The fourth-order valence-corrected chi connectivity index (χ4v) is 9.37. The first kappa shape index (κ1) is 71.4. The Hall–Kier alpha value is -1.58. The highest BCUT2D eigenvalue weighted by atomic mass is 16.7. The summed E-state index contributed by atoms with van der Waals surface area (Å²) in [6, 6.07) is -0.503. The van der Waals surface area contributed by atoms with Crippen molar-refractivity contribution in [2.45, 2.75) is 323 Å². The lowest BCUT2D eigenvalue weighted by atomic mass is 9.97. The molecule has 1 aliphatic rings. The van der Waals surface area contributed by atoms with Gasteiger partial charge in [-0.25, -0.2) is 4.79 Å². The Labute approximate surface area is 461 Å². The number of hydrogen-bond donors (Lipinski definition) is 2. The molecule has 0 spiro atoms. The minimum Gasteiger partial charge on any atom is -0.450 e. The van der Waals surface area contributed by atoms with E-state index < -0.39 is 42.9 Å². The van der Waals surface area contributed by atoms with E-state index in [1.54, 1.807) is 0 Å². The molecule has 13 heteroatoms. The number of ether oxygens (including phenoxy) is 9. The van der Waals surface area contributed by atoms with Crippen molar-refractivity contribution in [2.75, 3.05) is 66.0 Å². The minimum absolute atomic E-state index is 0.0104. The summed E-state index contributed by atoms with van der Waals surface area (Å²) in [7, 11) is 0. The number of unbranched alkanes of at least 4 members (excludes halogenated alkanes) is 23. The molecule has 0 radical (unpaired) electrons. The highest BCUT2D eigenvalue weighted by molar-refractivity contribution is 5.76. The highest BCUT2D eigenvalue weighted by Crippen LogP contribution is 2.31. The molecule has 1 rings (SSSR count). The number of alkyl carbamates (subject to hydrolysis) is 1. The van der Waals surface area contributed by atoms with E-state index in [0.717, 1.165) is 148 Å². The zero-order chi connectivity index (χ0) is 54.7. The topological polar surface area (TPSA) is 141 Å². The summed E-state index contributed by atoms with van der Waals surface area (Å²) >= 11 is 0. The van der Waals surface area contributed by atoms with Gasteiger partial charge in [0.15, 0.2) is 6.29 Å². The molecule has 13 nitrogen and oxygen atoms in total. The standard InChI is InChI=1S/C62H122N2O11/c1-9-17-25-26-27-28-29-30-31-32-35-38-41-54(68-45-19-11-3)57(69-46-20-12-4)53(64-56(65)42-39-36-33-34-37-40-43-63-62(66)73-50-24-16-8)51-74-61-60(72-49-23-15-7)59(71-48-22-14-6)58(70-47-21-13-5)55(75-61)52-67-44-18-10-2/h53-55,57-61H,9-52H2,1-8H3,(H,63,66)(H,64,65)/t53-,54+,55?,57-,58-,59-,60?,61-/m0/s1. The van der Waals surface area contributed by atoms with Gasteiger partial charge < -0.3 is 53.3 Å². The first-order chi connectivity index (χ1) is 36.8. The third-order valence-electron chi connectivity index (χ3n) is 14.3. The zero-order valence-electron chi connectivity index (χ0n) is 50.2.